The quantitative estimate of drug-likeness (QED) is 0.507. The summed E-state index contributed by atoms with van der Waals surface area (Å²) in [5, 5.41) is 0. The van der Waals surface area contributed by atoms with Gasteiger partial charge in [-0.1, -0.05) is 29.7 Å². The third kappa shape index (κ3) is 4.67. The Balaban J connectivity index is 0. The van der Waals surface area contributed by atoms with Crippen LogP contribution in [0.4, 0.5) is 0 Å². The van der Waals surface area contributed by atoms with Crippen molar-refractivity contribution in [2.45, 2.75) is 6.54 Å². The molecule has 0 saturated carbocycles. The molecule has 74 valence electrons. The van der Waals surface area contributed by atoms with Crippen molar-refractivity contribution >= 4 is 13.3 Å². The van der Waals surface area contributed by atoms with Gasteiger partial charge in [0, 0.05) is 6.54 Å². The molecular formula is C9H18BNO2. The van der Waals surface area contributed by atoms with Gasteiger partial charge in [0.25, 0.3) is 0 Å². The SMILES string of the molecule is Bc1ccccc1CN(C)C.O.O. The number of hydrogen-bond donors (Lipinski definition) is 0. The van der Waals surface area contributed by atoms with Crippen LogP contribution in [0.3, 0.4) is 0 Å². The third-order valence-electron chi connectivity index (χ3n) is 1.75. The van der Waals surface area contributed by atoms with Gasteiger partial charge in [-0.3, -0.25) is 0 Å². The van der Waals surface area contributed by atoms with E-state index in [0.29, 0.717) is 0 Å². The van der Waals surface area contributed by atoms with E-state index in [-0.39, 0.29) is 11.0 Å². The maximum absolute atomic E-state index is 2.18. The van der Waals surface area contributed by atoms with Crippen LogP contribution in [0.5, 0.6) is 0 Å². The van der Waals surface area contributed by atoms with Gasteiger partial charge < -0.3 is 15.9 Å². The maximum Gasteiger partial charge on any atom is 0.139 e. The lowest BCUT2D eigenvalue weighted by Gasteiger charge is -2.11. The van der Waals surface area contributed by atoms with E-state index in [4.69, 9.17) is 0 Å². The molecule has 0 aliphatic carbocycles. The van der Waals surface area contributed by atoms with Gasteiger partial charge in [0.2, 0.25) is 0 Å². The van der Waals surface area contributed by atoms with Crippen LogP contribution in [0.25, 0.3) is 0 Å². The monoisotopic (exact) mass is 183 g/mol. The smallest absolute Gasteiger partial charge is 0.139 e. The minimum absolute atomic E-state index is 0. The lowest BCUT2D eigenvalue weighted by atomic mass is 9.90. The molecule has 4 N–H and O–H groups in total. The second-order valence-corrected chi connectivity index (χ2v) is 3.16. The molecule has 0 spiro atoms. The summed E-state index contributed by atoms with van der Waals surface area (Å²) in [5.41, 5.74) is 2.79. The van der Waals surface area contributed by atoms with Crippen LogP contribution >= 0.6 is 0 Å². The Labute approximate surface area is 80.4 Å². The van der Waals surface area contributed by atoms with Crippen molar-refractivity contribution in [1.29, 1.82) is 0 Å². The Morgan fingerprint density at radius 3 is 2.15 bits per heavy atom. The molecule has 0 radical (unpaired) electrons. The van der Waals surface area contributed by atoms with E-state index in [1.807, 2.05) is 0 Å². The van der Waals surface area contributed by atoms with Crippen LogP contribution in [0.15, 0.2) is 24.3 Å². The van der Waals surface area contributed by atoms with E-state index in [0.717, 1.165) is 6.54 Å². The molecule has 1 aromatic rings. The largest absolute Gasteiger partial charge is 0.412 e. The fourth-order valence-electron chi connectivity index (χ4n) is 1.13. The van der Waals surface area contributed by atoms with Gasteiger partial charge in [-0.15, -0.1) is 0 Å². The van der Waals surface area contributed by atoms with Crippen molar-refractivity contribution in [2.75, 3.05) is 14.1 Å². The van der Waals surface area contributed by atoms with Gasteiger partial charge in [0.15, 0.2) is 0 Å². The first-order chi connectivity index (χ1) is 5.20. The molecule has 0 bridgehead atoms. The van der Waals surface area contributed by atoms with Crippen LogP contribution in [0, 0.1) is 0 Å². The molecule has 0 aliphatic rings. The average molecular weight is 183 g/mol. The summed E-state index contributed by atoms with van der Waals surface area (Å²) in [6.07, 6.45) is 0. The van der Waals surface area contributed by atoms with E-state index < -0.39 is 0 Å². The first-order valence-electron chi connectivity index (χ1n) is 3.89. The molecule has 0 heterocycles. The van der Waals surface area contributed by atoms with Crippen LogP contribution in [0.1, 0.15) is 5.56 Å². The zero-order valence-electron chi connectivity index (χ0n) is 8.46. The van der Waals surface area contributed by atoms with Crippen LogP contribution in [0.2, 0.25) is 0 Å². The summed E-state index contributed by atoms with van der Waals surface area (Å²) in [6, 6.07) is 8.49. The molecule has 4 heteroatoms. The van der Waals surface area contributed by atoms with Gasteiger partial charge in [-0.05, 0) is 19.7 Å². The van der Waals surface area contributed by atoms with E-state index in [1.165, 1.54) is 11.0 Å². The Bertz CT molecular complexity index is 241. The van der Waals surface area contributed by atoms with Gasteiger partial charge in [0.1, 0.15) is 7.85 Å². The molecule has 13 heavy (non-hydrogen) atoms. The molecule has 0 atom stereocenters. The zero-order chi connectivity index (χ0) is 8.27. The number of hydrogen-bond acceptors (Lipinski definition) is 1. The highest BCUT2D eigenvalue weighted by Gasteiger charge is 1.96. The van der Waals surface area contributed by atoms with Gasteiger partial charge in [-0.2, -0.15) is 0 Å². The number of benzene rings is 1. The van der Waals surface area contributed by atoms with E-state index in [2.05, 4.69) is 51.1 Å². The van der Waals surface area contributed by atoms with Crippen molar-refractivity contribution in [1.82, 2.24) is 4.90 Å². The summed E-state index contributed by atoms with van der Waals surface area (Å²) >= 11 is 0. The van der Waals surface area contributed by atoms with Gasteiger partial charge in [-0.25, -0.2) is 0 Å². The Kier molecular flexibility index (Phi) is 7.51. The van der Waals surface area contributed by atoms with Crippen LogP contribution < -0.4 is 5.46 Å². The predicted molar refractivity (Wildman–Crippen MR) is 59.2 cm³/mol. The molecule has 1 rings (SSSR count). The molecule has 0 aliphatic heterocycles. The van der Waals surface area contributed by atoms with E-state index >= 15 is 0 Å². The standard InChI is InChI=1S/C9H14BN.2H2O/c1-11(2)7-8-5-3-4-6-9(8)10;;/h3-6H,7,10H2,1-2H3;2*1H2. The fourth-order valence-corrected chi connectivity index (χ4v) is 1.13. The molecule has 1 aromatic carbocycles. The van der Waals surface area contributed by atoms with E-state index in [1.54, 1.807) is 0 Å². The number of nitrogens with zero attached hydrogens (tertiary/aromatic N) is 1. The van der Waals surface area contributed by atoms with Crippen LogP contribution in [-0.4, -0.2) is 37.8 Å². The van der Waals surface area contributed by atoms with Gasteiger partial charge >= 0.3 is 0 Å². The second-order valence-electron chi connectivity index (χ2n) is 3.16. The minimum atomic E-state index is 0. The topological polar surface area (TPSA) is 66.2 Å². The summed E-state index contributed by atoms with van der Waals surface area (Å²) in [6.45, 7) is 1.03. The number of rotatable bonds is 2. The lowest BCUT2D eigenvalue weighted by molar-refractivity contribution is 0.403. The van der Waals surface area contributed by atoms with E-state index in [9.17, 15) is 0 Å². The van der Waals surface area contributed by atoms with Crippen molar-refractivity contribution in [3.63, 3.8) is 0 Å². The molecule has 0 aromatic heterocycles. The Hall–Kier alpha value is -0.835. The van der Waals surface area contributed by atoms with Crippen molar-refractivity contribution in [2.24, 2.45) is 0 Å². The van der Waals surface area contributed by atoms with Crippen molar-refractivity contribution in [3.8, 4) is 0 Å². The Morgan fingerprint density at radius 1 is 1.15 bits per heavy atom. The molecule has 0 amide bonds. The fraction of sp³-hybridized carbons (Fsp3) is 0.333. The second kappa shape index (κ2) is 6.66. The molecule has 0 unspecified atom stereocenters. The van der Waals surface area contributed by atoms with Crippen molar-refractivity contribution < 1.29 is 11.0 Å². The summed E-state index contributed by atoms with van der Waals surface area (Å²) < 4.78 is 0. The molecule has 3 nitrogen and oxygen atoms in total. The molecular weight excluding hydrogens is 165 g/mol. The molecule has 0 saturated heterocycles. The normalized spacial score (nSPS) is 8.85. The highest BCUT2D eigenvalue weighted by Crippen LogP contribution is 1.96. The van der Waals surface area contributed by atoms with Gasteiger partial charge in [0.05, 0.1) is 0 Å². The Morgan fingerprint density at radius 2 is 1.69 bits per heavy atom. The molecule has 0 fully saturated rings. The third-order valence-corrected chi connectivity index (χ3v) is 1.75. The summed E-state index contributed by atoms with van der Waals surface area (Å²) in [4.78, 5) is 2.18. The first-order valence-corrected chi connectivity index (χ1v) is 3.89. The van der Waals surface area contributed by atoms with Crippen LogP contribution in [-0.2, 0) is 6.54 Å². The predicted octanol–water partition coefficient (Wildman–Crippen LogP) is -1.64. The average Bonchev–Trinajstić information content (AvgIpc) is 1.93. The first kappa shape index (κ1) is 14.7. The zero-order valence-corrected chi connectivity index (χ0v) is 8.46. The highest BCUT2D eigenvalue weighted by atomic mass is 16.0. The lowest BCUT2D eigenvalue weighted by Crippen LogP contribution is -2.18. The maximum atomic E-state index is 2.18. The highest BCUT2D eigenvalue weighted by molar-refractivity contribution is 6.33. The summed E-state index contributed by atoms with van der Waals surface area (Å²) in [5.74, 6) is 0. The van der Waals surface area contributed by atoms with Crippen molar-refractivity contribution in [3.05, 3.63) is 29.8 Å². The minimum Gasteiger partial charge on any atom is -0.412 e. The summed E-state index contributed by atoms with van der Waals surface area (Å²) in [7, 11) is 6.33.